The van der Waals surface area contributed by atoms with Crippen LogP contribution in [-0.2, 0) is 0 Å². The van der Waals surface area contributed by atoms with E-state index in [1.807, 2.05) is 30.3 Å². The van der Waals surface area contributed by atoms with Gasteiger partial charge in [-0.2, -0.15) is 0 Å². The molecule has 0 N–H and O–H groups in total. The third kappa shape index (κ3) is 5.86. The van der Waals surface area contributed by atoms with Gasteiger partial charge in [-0.05, 0) is 58.3 Å². The predicted molar refractivity (Wildman–Crippen MR) is 66.6 cm³/mol. The molecule has 0 aromatic heterocycles. The molecule has 0 unspecified atom stereocenters. The highest BCUT2D eigenvalue weighted by Gasteiger charge is 2.12. The van der Waals surface area contributed by atoms with Crippen molar-refractivity contribution in [3.05, 3.63) is 30.3 Å². The standard InChI is InChI=1S/C9H11Cl3OS/c10-14(11,12)8-4-7-13-9-5-2-1-3-6-9/h1-3,5-6H,4,7-8H2. The van der Waals surface area contributed by atoms with Crippen LogP contribution in [0.3, 0.4) is 0 Å². The number of para-hydroxylation sites is 1. The van der Waals surface area contributed by atoms with Crippen LogP contribution in [0.4, 0.5) is 0 Å². The van der Waals surface area contributed by atoms with Crippen molar-refractivity contribution in [2.24, 2.45) is 0 Å². The fourth-order valence-corrected chi connectivity index (χ4v) is 2.36. The lowest BCUT2D eigenvalue weighted by molar-refractivity contribution is 0.318. The first-order valence-corrected chi connectivity index (χ1v) is 8.44. The Morgan fingerprint density at radius 3 is 2.29 bits per heavy atom. The van der Waals surface area contributed by atoms with E-state index in [1.165, 1.54) is 0 Å². The average Bonchev–Trinajstić information content (AvgIpc) is 2.13. The van der Waals surface area contributed by atoms with Crippen LogP contribution in [-0.4, -0.2) is 12.4 Å². The molecule has 0 spiro atoms. The van der Waals surface area contributed by atoms with Gasteiger partial charge in [-0.15, -0.1) is 0 Å². The van der Waals surface area contributed by atoms with Crippen molar-refractivity contribution in [2.45, 2.75) is 6.42 Å². The zero-order chi connectivity index (χ0) is 10.4. The second-order valence-corrected chi connectivity index (χ2v) is 10.3. The molecule has 0 amide bonds. The number of hydrogen-bond donors (Lipinski definition) is 0. The van der Waals surface area contributed by atoms with E-state index in [-0.39, 0.29) is 0 Å². The maximum absolute atomic E-state index is 5.67. The zero-order valence-electron chi connectivity index (χ0n) is 7.46. The molecule has 14 heavy (non-hydrogen) atoms. The van der Waals surface area contributed by atoms with Gasteiger partial charge in [-0.1, -0.05) is 18.2 Å². The monoisotopic (exact) mass is 272 g/mol. The molecule has 0 aliphatic carbocycles. The van der Waals surface area contributed by atoms with Gasteiger partial charge in [-0.3, -0.25) is 0 Å². The molecule has 0 heterocycles. The molecule has 80 valence electrons. The summed E-state index contributed by atoms with van der Waals surface area (Å²) in [5, 5.41) is 0. The first-order valence-electron chi connectivity index (χ1n) is 4.16. The minimum Gasteiger partial charge on any atom is -0.494 e. The zero-order valence-corrected chi connectivity index (χ0v) is 10.5. The summed E-state index contributed by atoms with van der Waals surface area (Å²) in [5.74, 6) is 1.44. The van der Waals surface area contributed by atoms with E-state index in [0.717, 1.165) is 12.2 Å². The number of ether oxygens (including phenoxy) is 1. The van der Waals surface area contributed by atoms with Gasteiger partial charge in [0.05, 0.1) is 6.61 Å². The molecule has 0 atom stereocenters. The maximum Gasteiger partial charge on any atom is 0.119 e. The van der Waals surface area contributed by atoms with Gasteiger partial charge < -0.3 is 4.74 Å². The Kier molecular flexibility index (Phi) is 5.24. The van der Waals surface area contributed by atoms with Crippen LogP contribution in [0.25, 0.3) is 0 Å². The molecule has 1 aromatic rings. The van der Waals surface area contributed by atoms with Crippen molar-refractivity contribution in [3.63, 3.8) is 0 Å². The molecule has 0 saturated heterocycles. The quantitative estimate of drug-likeness (QED) is 0.705. The lowest BCUT2D eigenvalue weighted by Crippen LogP contribution is -1.99. The summed E-state index contributed by atoms with van der Waals surface area (Å²) in [6, 6.07) is 9.60. The minimum atomic E-state index is -1.94. The Hall–Kier alpha value is 0.240. The van der Waals surface area contributed by atoms with Crippen molar-refractivity contribution in [1.29, 1.82) is 0 Å². The summed E-state index contributed by atoms with van der Waals surface area (Å²) in [7, 11) is 15.1. The number of benzene rings is 1. The van der Waals surface area contributed by atoms with E-state index in [2.05, 4.69) is 0 Å². The van der Waals surface area contributed by atoms with Crippen LogP contribution < -0.4 is 4.74 Å². The average molecular weight is 274 g/mol. The van der Waals surface area contributed by atoms with Crippen LogP contribution in [0, 0.1) is 0 Å². The predicted octanol–water partition coefficient (Wildman–Crippen LogP) is 4.72. The van der Waals surface area contributed by atoms with Gasteiger partial charge in [0.2, 0.25) is 0 Å². The van der Waals surface area contributed by atoms with E-state index in [0.29, 0.717) is 12.4 Å². The Morgan fingerprint density at radius 2 is 1.71 bits per heavy atom. The molecule has 0 bridgehead atoms. The molecular formula is C9H11Cl3OS. The first kappa shape index (κ1) is 12.3. The summed E-state index contributed by atoms with van der Waals surface area (Å²) in [6.45, 7) is 0.588. The lowest BCUT2D eigenvalue weighted by Gasteiger charge is -2.14. The third-order valence-corrected chi connectivity index (χ3v) is 3.67. The third-order valence-electron chi connectivity index (χ3n) is 1.53. The van der Waals surface area contributed by atoms with Crippen molar-refractivity contribution in [1.82, 2.24) is 0 Å². The highest BCUT2D eigenvalue weighted by atomic mass is 36.2. The van der Waals surface area contributed by atoms with Crippen molar-refractivity contribution >= 4 is 39.7 Å². The molecule has 1 nitrogen and oxygen atoms in total. The Labute approximate surface area is 99.1 Å². The normalized spacial score (nSPS) is 12.5. The van der Waals surface area contributed by atoms with Crippen molar-refractivity contribution in [3.8, 4) is 5.75 Å². The first-order chi connectivity index (χ1) is 6.58. The van der Waals surface area contributed by atoms with E-state index in [1.54, 1.807) is 0 Å². The highest BCUT2D eigenvalue weighted by molar-refractivity contribution is 8.79. The molecule has 1 aromatic carbocycles. The van der Waals surface area contributed by atoms with Gasteiger partial charge in [0.25, 0.3) is 0 Å². The van der Waals surface area contributed by atoms with Gasteiger partial charge in [0, 0.05) is 5.75 Å². The van der Waals surface area contributed by atoms with Crippen LogP contribution in [0.5, 0.6) is 5.75 Å². The SMILES string of the molecule is ClS(Cl)(Cl)CCCOc1ccccc1. The Balaban J connectivity index is 2.17. The van der Waals surface area contributed by atoms with Crippen LogP contribution in [0.15, 0.2) is 30.3 Å². The van der Waals surface area contributed by atoms with E-state index < -0.39 is 7.67 Å². The summed E-state index contributed by atoms with van der Waals surface area (Å²) < 4.78 is 5.44. The molecule has 0 aliphatic heterocycles. The smallest absolute Gasteiger partial charge is 0.119 e. The fraction of sp³-hybridized carbons (Fsp3) is 0.333. The van der Waals surface area contributed by atoms with Crippen molar-refractivity contribution < 1.29 is 4.74 Å². The number of halogens is 3. The minimum absolute atomic E-state index is 0.588. The summed E-state index contributed by atoms with van der Waals surface area (Å²) >= 11 is 0. The molecule has 5 heteroatoms. The molecule has 0 saturated carbocycles. The summed E-state index contributed by atoms with van der Waals surface area (Å²) in [4.78, 5) is 0. The van der Waals surface area contributed by atoms with Gasteiger partial charge in [-0.25, -0.2) is 0 Å². The van der Waals surface area contributed by atoms with Gasteiger partial charge in [0.1, 0.15) is 5.75 Å². The molecule has 0 aliphatic rings. The highest BCUT2D eigenvalue weighted by Crippen LogP contribution is 2.63. The summed E-state index contributed by atoms with van der Waals surface area (Å²) in [6.07, 6.45) is 0.765. The van der Waals surface area contributed by atoms with Crippen LogP contribution in [0.2, 0.25) is 0 Å². The fourth-order valence-electron chi connectivity index (χ4n) is 0.929. The van der Waals surface area contributed by atoms with Crippen LogP contribution >= 0.6 is 39.7 Å². The molecule has 0 radical (unpaired) electrons. The number of rotatable bonds is 5. The Bertz CT molecular complexity index is 261. The van der Waals surface area contributed by atoms with Gasteiger partial charge >= 0.3 is 0 Å². The molecule has 0 fully saturated rings. The largest absolute Gasteiger partial charge is 0.494 e. The lowest BCUT2D eigenvalue weighted by atomic mass is 10.3. The summed E-state index contributed by atoms with van der Waals surface area (Å²) in [5.41, 5.74) is 0. The van der Waals surface area contributed by atoms with Crippen molar-refractivity contribution in [2.75, 3.05) is 12.4 Å². The number of hydrogen-bond acceptors (Lipinski definition) is 1. The second-order valence-electron chi connectivity index (χ2n) is 2.72. The van der Waals surface area contributed by atoms with Gasteiger partial charge in [0.15, 0.2) is 0 Å². The van der Waals surface area contributed by atoms with E-state index >= 15 is 0 Å². The Morgan fingerprint density at radius 1 is 1.07 bits per heavy atom. The molecule has 1 rings (SSSR count). The topological polar surface area (TPSA) is 9.23 Å². The molecular weight excluding hydrogens is 263 g/mol. The van der Waals surface area contributed by atoms with E-state index in [9.17, 15) is 0 Å². The second kappa shape index (κ2) is 5.96. The maximum atomic E-state index is 5.67. The van der Waals surface area contributed by atoms with Crippen LogP contribution in [0.1, 0.15) is 6.42 Å². The van der Waals surface area contributed by atoms with E-state index in [4.69, 9.17) is 36.8 Å².